The molecule has 2 saturated heterocycles. The van der Waals surface area contributed by atoms with Gasteiger partial charge < -0.3 is 29.9 Å². The molecular weight excluding hydrogens is 665 g/mol. The van der Waals surface area contributed by atoms with Crippen LogP contribution in [0, 0.1) is 6.92 Å². The lowest BCUT2D eigenvalue weighted by Gasteiger charge is -2.48. The van der Waals surface area contributed by atoms with Crippen LogP contribution in [-0.4, -0.2) is 86.9 Å². The van der Waals surface area contributed by atoms with E-state index in [1.807, 2.05) is 49.3 Å². The van der Waals surface area contributed by atoms with E-state index in [9.17, 15) is 14.4 Å². The average molecular weight is 717 g/mol. The first kappa shape index (κ1) is 35.3. The second kappa shape index (κ2) is 13.9. The fraction of sp³-hybridized carbons (Fsp3) is 0.500. The minimum Gasteiger partial charge on any atom is -0.352 e. The van der Waals surface area contributed by atoms with Gasteiger partial charge in [-0.25, -0.2) is 9.97 Å². The van der Waals surface area contributed by atoms with Crippen LogP contribution in [0.25, 0.3) is 22.3 Å². The van der Waals surface area contributed by atoms with Crippen molar-refractivity contribution in [2.24, 2.45) is 0 Å². The van der Waals surface area contributed by atoms with Gasteiger partial charge in [0.25, 0.3) is 5.91 Å². The van der Waals surface area contributed by atoms with Crippen molar-refractivity contribution >= 4 is 45.9 Å². The van der Waals surface area contributed by atoms with Crippen molar-refractivity contribution in [2.75, 3.05) is 42.9 Å². The molecule has 53 heavy (non-hydrogen) atoms. The van der Waals surface area contributed by atoms with Crippen LogP contribution in [0.15, 0.2) is 48.8 Å². The maximum Gasteiger partial charge on any atom is 0.251 e. The molecule has 11 heteroatoms. The monoisotopic (exact) mass is 716 g/mol. The number of nitrogens with zero attached hydrogens (tertiary/aromatic N) is 6. The summed E-state index contributed by atoms with van der Waals surface area (Å²) in [6.45, 7) is 13.8. The van der Waals surface area contributed by atoms with Crippen LogP contribution in [0.3, 0.4) is 0 Å². The van der Waals surface area contributed by atoms with Crippen LogP contribution in [0.5, 0.6) is 0 Å². The summed E-state index contributed by atoms with van der Waals surface area (Å²) >= 11 is 0. The molecular formula is C42H52N8O3. The molecule has 278 valence electrons. The highest BCUT2D eigenvalue weighted by Crippen LogP contribution is 2.52. The predicted molar refractivity (Wildman–Crippen MR) is 209 cm³/mol. The maximum atomic E-state index is 14.8. The summed E-state index contributed by atoms with van der Waals surface area (Å²) in [6, 6.07) is 15.1. The van der Waals surface area contributed by atoms with Crippen LogP contribution in [-0.2, 0) is 15.0 Å². The van der Waals surface area contributed by atoms with Gasteiger partial charge in [-0.05, 0) is 115 Å². The van der Waals surface area contributed by atoms with E-state index in [1.165, 1.54) is 19.3 Å². The second-order valence-corrected chi connectivity index (χ2v) is 15.9. The summed E-state index contributed by atoms with van der Waals surface area (Å²) in [6.07, 6.45) is 8.94. The number of benzene rings is 2. The first-order chi connectivity index (χ1) is 25.6. The number of likely N-dealkylation sites (tertiary alicyclic amines) is 2. The van der Waals surface area contributed by atoms with Crippen molar-refractivity contribution in [1.29, 1.82) is 0 Å². The SMILES string of the molecule is CCNC(=O)c1cc(Nc2nc(-c3ccc4c(c3)N([C@H]3C[C@@H](N5CCCCC5)C3)C(=O)C43CCN(C(C)=O)CC3)cc3ncn(C(C)C)c23)ccc1C. The Hall–Kier alpha value is -4.77. The standard InChI is InChI=1S/C42H52N8O3/c1-6-43-40(52)33-21-30(12-10-27(33)4)45-39-38-36(44-25-49(38)26(2)3)24-35(46-39)29-11-13-34-37(20-29)50(32-22-31(23-32)48-16-8-7-9-17-48)41(53)42(34)14-18-47(19-15-42)28(5)51/h10-13,20-21,24-26,31-32H,6-9,14-19,22-23H2,1-5H3,(H,43,52)(H,45,46)/t31-,32+. The molecule has 3 aliphatic heterocycles. The van der Waals surface area contributed by atoms with E-state index in [-0.39, 0.29) is 29.8 Å². The highest BCUT2D eigenvalue weighted by molar-refractivity contribution is 6.09. The summed E-state index contributed by atoms with van der Waals surface area (Å²) in [5, 5.41) is 6.47. The van der Waals surface area contributed by atoms with Crippen molar-refractivity contribution in [3.8, 4) is 11.3 Å². The molecule has 2 aromatic carbocycles. The second-order valence-electron chi connectivity index (χ2n) is 15.9. The van der Waals surface area contributed by atoms with Crippen molar-refractivity contribution in [3.63, 3.8) is 0 Å². The van der Waals surface area contributed by atoms with E-state index < -0.39 is 5.41 Å². The number of amides is 3. The van der Waals surface area contributed by atoms with E-state index in [2.05, 4.69) is 57.0 Å². The third-order valence-electron chi connectivity index (χ3n) is 12.3. The van der Waals surface area contributed by atoms with Gasteiger partial charge in [-0.1, -0.05) is 24.6 Å². The lowest BCUT2D eigenvalue weighted by atomic mass is 9.73. The Bertz CT molecular complexity index is 2070. The number of carbonyl (C=O) groups is 3. The molecule has 0 atom stereocenters. The molecule has 3 fully saturated rings. The Morgan fingerprint density at radius 2 is 1.72 bits per heavy atom. The lowest BCUT2D eigenvalue weighted by molar-refractivity contribution is -0.134. The van der Waals surface area contributed by atoms with Crippen LogP contribution in [0.4, 0.5) is 17.2 Å². The Morgan fingerprint density at radius 3 is 2.42 bits per heavy atom. The van der Waals surface area contributed by atoms with Gasteiger partial charge in [0.05, 0.1) is 23.0 Å². The number of piperidine rings is 2. The molecule has 1 spiro atoms. The zero-order valence-electron chi connectivity index (χ0n) is 31.7. The molecule has 0 radical (unpaired) electrons. The molecule has 2 aromatic heterocycles. The third kappa shape index (κ3) is 6.16. The predicted octanol–water partition coefficient (Wildman–Crippen LogP) is 6.72. The number of anilines is 3. The smallest absolute Gasteiger partial charge is 0.251 e. The maximum absolute atomic E-state index is 14.8. The number of nitrogens with one attached hydrogen (secondary N) is 2. The van der Waals surface area contributed by atoms with Gasteiger partial charge in [0.2, 0.25) is 11.8 Å². The van der Waals surface area contributed by atoms with Gasteiger partial charge >= 0.3 is 0 Å². The Kier molecular flexibility index (Phi) is 9.25. The fourth-order valence-corrected chi connectivity index (χ4v) is 9.17. The summed E-state index contributed by atoms with van der Waals surface area (Å²) < 4.78 is 2.11. The minimum absolute atomic E-state index is 0.0676. The highest BCUT2D eigenvalue weighted by Gasteiger charge is 2.55. The van der Waals surface area contributed by atoms with Crippen molar-refractivity contribution in [3.05, 3.63) is 65.5 Å². The van der Waals surface area contributed by atoms with Crippen molar-refractivity contribution < 1.29 is 14.4 Å². The number of aryl methyl sites for hydroxylation is 1. The van der Waals surface area contributed by atoms with Gasteiger partial charge in [-0.15, -0.1) is 0 Å². The summed E-state index contributed by atoms with van der Waals surface area (Å²) in [7, 11) is 0. The average Bonchev–Trinajstić information content (AvgIpc) is 3.67. The minimum atomic E-state index is -0.622. The molecule has 11 nitrogen and oxygen atoms in total. The Morgan fingerprint density at radius 1 is 0.962 bits per heavy atom. The van der Waals surface area contributed by atoms with Crippen LogP contribution in [0.1, 0.15) is 100 Å². The van der Waals surface area contributed by atoms with Crippen molar-refractivity contribution in [2.45, 2.75) is 103 Å². The summed E-state index contributed by atoms with van der Waals surface area (Å²) in [5.74, 6) is 0.805. The normalized spacial score (nSPS) is 21.3. The zero-order chi connectivity index (χ0) is 37.0. The molecule has 1 saturated carbocycles. The number of carbonyl (C=O) groups excluding carboxylic acids is 3. The van der Waals surface area contributed by atoms with Crippen molar-refractivity contribution in [1.82, 2.24) is 29.7 Å². The zero-order valence-corrected chi connectivity index (χ0v) is 31.7. The van der Waals surface area contributed by atoms with Gasteiger partial charge in [-0.2, -0.15) is 0 Å². The summed E-state index contributed by atoms with van der Waals surface area (Å²) in [4.78, 5) is 56.6. The molecule has 4 aliphatic rings. The molecule has 8 rings (SSSR count). The first-order valence-electron chi connectivity index (χ1n) is 19.6. The van der Waals surface area contributed by atoms with Gasteiger partial charge in [0, 0.05) is 67.2 Å². The molecule has 2 N–H and O–H groups in total. The topological polar surface area (TPSA) is 116 Å². The van der Waals surface area contributed by atoms with E-state index in [0.29, 0.717) is 49.9 Å². The number of fused-ring (bicyclic) bond motifs is 3. The first-order valence-corrected chi connectivity index (χ1v) is 19.6. The molecule has 4 aromatic rings. The molecule has 1 aliphatic carbocycles. The molecule has 3 amide bonds. The summed E-state index contributed by atoms with van der Waals surface area (Å²) in [5.41, 5.74) is 7.10. The van der Waals surface area contributed by atoms with E-state index >= 15 is 0 Å². The largest absolute Gasteiger partial charge is 0.352 e. The molecule has 0 unspecified atom stereocenters. The third-order valence-corrected chi connectivity index (χ3v) is 12.3. The number of pyridine rings is 1. The van der Waals surface area contributed by atoms with Gasteiger partial charge in [0.1, 0.15) is 5.52 Å². The quantitative estimate of drug-likeness (QED) is 0.208. The number of rotatable bonds is 8. The Balaban J connectivity index is 1.18. The van der Waals surface area contributed by atoms with Crippen LogP contribution < -0.4 is 15.5 Å². The van der Waals surface area contributed by atoms with Crippen LogP contribution >= 0.6 is 0 Å². The molecule has 0 bridgehead atoms. The number of imidazole rings is 1. The molecule has 5 heterocycles. The van der Waals surface area contributed by atoms with Crippen LogP contribution in [0.2, 0.25) is 0 Å². The van der Waals surface area contributed by atoms with Gasteiger partial charge in [-0.3, -0.25) is 14.4 Å². The number of hydrogen-bond donors (Lipinski definition) is 2. The number of hydrogen-bond acceptors (Lipinski definition) is 7. The van der Waals surface area contributed by atoms with E-state index in [4.69, 9.17) is 9.97 Å². The van der Waals surface area contributed by atoms with E-state index in [1.54, 1.807) is 6.92 Å². The fourth-order valence-electron chi connectivity index (χ4n) is 9.17. The number of aromatic nitrogens is 3. The Labute approximate surface area is 312 Å². The highest BCUT2D eigenvalue weighted by atomic mass is 16.2. The lowest BCUT2D eigenvalue weighted by Crippen LogP contribution is -2.58. The van der Waals surface area contributed by atoms with E-state index in [0.717, 1.165) is 70.7 Å². The van der Waals surface area contributed by atoms with Gasteiger partial charge in [0.15, 0.2) is 5.82 Å².